The molecule has 0 radical (unpaired) electrons. The van der Waals surface area contributed by atoms with Gasteiger partial charge in [-0.3, -0.25) is 4.79 Å². The monoisotopic (exact) mass is 450 g/mol. The molecule has 2 aromatic heterocycles. The number of hydrogen-bond donors (Lipinski definition) is 1. The summed E-state index contributed by atoms with van der Waals surface area (Å²) in [4.78, 5) is 13.5. The lowest BCUT2D eigenvalue weighted by Gasteiger charge is -2.08. The van der Waals surface area contributed by atoms with Crippen molar-refractivity contribution in [2.24, 2.45) is 0 Å². The van der Waals surface area contributed by atoms with Gasteiger partial charge in [-0.25, -0.2) is 0 Å². The van der Waals surface area contributed by atoms with Crippen molar-refractivity contribution in [2.45, 2.75) is 32.0 Å². The summed E-state index contributed by atoms with van der Waals surface area (Å²) < 4.78 is 3.08. The molecule has 1 aromatic carbocycles. The molecule has 2 heterocycles. The van der Waals surface area contributed by atoms with Crippen molar-refractivity contribution >= 4 is 50.6 Å². The number of aromatic nitrogens is 3. The number of nitrogens with one attached hydrogen (secondary N) is 1. The van der Waals surface area contributed by atoms with Gasteiger partial charge in [-0.05, 0) is 43.7 Å². The minimum absolute atomic E-state index is 0.0590. The Bertz CT molecular complexity index is 889. The zero-order valence-electron chi connectivity index (χ0n) is 14.5. The predicted octanol–water partition coefficient (Wildman–Crippen LogP) is 5.22. The van der Waals surface area contributed by atoms with E-state index in [4.69, 9.17) is 0 Å². The second kappa shape index (κ2) is 8.83. The molecule has 1 amide bonds. The van der Waals surface area contributed by atoms with Crippen LogP contribution in [0.25, 0.3) is 11.4 Å². The molecule has 3 aromatic rings. The van der Waals surface area contributed by atoms with E-state index in [2.05, 4.69) is 61.3 Å². The summed E-state index contributed by atoms with van der Waals surface area (Å²) in [7, 11) is 0. The van der Waals surface area contributed by atoms with E-state index in [0.29, 0.717) is 5.75 Å². The van der Waals surface area contributed by atoms with Crippen LogP contribution in [-0.4, -0.2) is 26.4 Å². The van der Waals surface area contributed by atoms with E-state index in [0.717, 1.165) is 39.7 Å². The summed E-state index contributed by atoms with van der Waals surface area (Å²) in [5.41, 5.74) is 1.86. The molecule has 5 nitrogen and oxygen atoms in total. The van der Waals surface area contributed by atoms with Crippen LogP contribution in [0.4, 0.5) is 5.69 Å². The normalized spacial score (nSPS) is 10.9. The molecule has 0 aliphatic heterocycles. The van der Waals surface area contributed by atoms with Crippen LogP contribution in [0.1, 0.15) is 18.2 Å². The van der Waals surface area contributed by atoms with Crippen LogP contribution in [0.3, 0.4) is 0 Å². The van der Waals surface area contributed by atoms with Gasteiger partial charge in [-0.15, -0.1) is 21.5 Å². The van der Waals surface area contributed by atoms with Gasteiger partial charge in [0.05, 0.1) is 5.75 Å². The molecule has 136 valence electrons. The number of anilines is 1. The highest BCUT2D eigenvalue weighted by Gasteiger charge is 2.16. The molecule has 0 saturated heterocycles. The lowest BCUT2D eigenvalue weighted by atomic mass is 10.3. The largest absolute Gasteiger partial charge is 0.325 e. The second-order valence-corrected chi connectivity index (χ2v) is 8.72. The molecule has 0 saturated carbocycles. The van der Waals surface area contributed by atoms with Crippen LogP contribution in [0, 0.1) is 6.92 Å². The van der Waals surface area contributed by atoms with E-state index in [1.807, 2.05) is 24.3 Å². The van der Waals surface area contributed by atoms with E-state index < -0.39 is 0 Å². The molecule has 0 aliphatic rings. The van der Waals surface area contributed by atoms with E-state index >= 15 is 0 Å². The van der Waals surface area contributed by atoms with Gasteiger partial charge in [-0.2, -0.15) is 0 Å². The van der Waals surface area contributed by atoms with Gasteiger partial charge < -0.3 is 9.88 Å². The Morgan fingerprint density at radius 1 is 1.31 bits per heavy atom. The second-order valence-electron chi connectivity index (χ2n) is 5.75. The highest BCUT2D eigenvalue weighted by molar-refractivity contribution is 9.10. The van der Waals surface area contributed by atoms with Crippen molar-refractivity contribution in [1.82, 2.24) is 14.8 Å². The summed E-state index contributed by atoms with van der Waals surface area (Å²) in [6.45, 7) is 5.03. The number of carbonyl (C=O) groups excluding carboxylic acids is 1. The Hall–Kier alpha value is -1.64. The number of thioether (sulfide) groups is 1. The Morgan fingerprint density at radius 2 is 2.08 bits per heavy atom. The molecule has 26 heavy (non-hydrogen) atoms. The third-order valence-electron chi connectivity index (χ3n) is 3.61. The van der Waals surface area contributed by atoms with Crippen LogP contribution in [0.15, 0.2) is 45.3 Å². The van der Waals surface area contributed by atoms with Crippen LogP contribution in [0.2, 0.25) is 0 Å². The standard InChI is InChI=1S/C18H19BrN4OS2/c1-3-8-23-17(13-9-12(2)25-10-13)21-22-18(23)26-11-16(24)20-15-6-4-14(19)5-7-15/h4-7,9-10H,3,8,11H2,1-2H3,(H,20,24). The SMILES string of the molecule is CCCn1c(SCC(=O)Nc2ccc(Br)cc2)nnc1-c1csc(C)c1. The summed E-state index contributed by atoms with van der Waals surface area (Å²) in [6, 6.07) is 9.65. The Balaban J connectivity index is 1.68. The van der Waals surface area contributed by atoms with Crippen LogP contribution in [0.5, 0.6) is 0 Å². The first-order valence-electron chi connectivity index (χ1n) is 8.23. The average molecular weight is 451 g/mol. The summed E-state index contributed by atoms with van der Waals surface area (Å²) in [6.07, 6.45) is 0.979. The molecule has 0 unspecified atom stereocenters. The fraction of sp³-hybridized carbons (Fsp3) is 0.278. The minimum Gasteiger partial charge on any atom is -0.325 e. The Labute approximate surface area is 169 Å². The summed E-state index contributed by atoms with van der Waals surface area (Å²) in [5, 5.41) is 14.4. The van der Waals surface area contributed by atoms with Crippen molar-refractivity contribution in [2.75, 3.05) is 11.1 Å². The van der Waals surface area contributed by atoms with E-state index in [1.165, 1.54) is 16.6 Å². The minimum atomic E-state index is -0.0590. The number of amides is 1. The fourth-order valence-electron chi connectivity index (χ4n) is 2.46. The number of halogens is 1. The zero-order chi connectivity index (χ0) is 18.5. The maximum atomic E-state index is 12.2. The molecule has 0 bridgehead atoms. The Morgan fingerprint density at radius 3 is 2.73 bits per heavy atom. The smallest absolute Gasteiger partial charge is 0.234 e. The maximum absolute atomic E-state index is 12.2. The molecule has 0 atom stereocenters. The van der Waals surface area contributed by atoms with Gasteiger partial charge in [0.1, 0.15) is 0 Å². The first kappa shape index (κ1) is 19.1. The van der Waals surface area contributed by atoms with Gasteiger partial charge in [0.2, 0.25) is 5.91 Å². The van der Waals surface area contributed by atoms with E-state index in [9.17, 15) is 4.79 Å². The molecule has 0 spiro atoms. The number of rotatable bonds is 7. The fourth-order valence-corrected chi connectivity index (χ4v) is 4.17. The summed E-state index contributed by atoms with van der Waals surface area (Å²) >= 11 is 6.50. The number of aryl methyl sites for hydroxylation is 1. The average Bonchev–Trinajstić information content (AvgIpc) is 3.22. The van der Waals surface area contributed by atoms with Gasteiger partial charge >= 0.3 is 0 Å². The number of carbonyl (C=O) groups is 1. The highest BCUT2D eigenvalue weighted by Crippen LogP contribution is 2.28. The molecule has 3 rings (SSSR count). The van der Waals surface area contributed by atoms with Gasteiger partial charge in [0.15, 0.2) is 11.0 Å². The topological polar surface area (TPSA) is 59.8 Å². The van der Waals surface area contributed by atoms with Crippen LogP contribution >= 0.6 is 39.0 Å². The van der Waals surface area contributed by atoms with Gasteiger partial charge in [0, 0.05) is 32.5 Å². The first-order valence-corrected chi connectivity index (χ1v) is 10.9. The quantitative estimate of drug-likeness (QED) is 0.501. The van der Waals surface area contributed by atoms with Crippen LogP contribution in [-0.2, 0) is 11.3 Å². The number of hydrogen-bond acceptors (Lipinski definition) is 5. The number of nitrogens with zero attached hydrogens (tertiary/aromatic N) is 3. The van der Waals surface area contributed by atoms with Gasteiger partial charge in [-0.1, -0.05) is 34.6 Å². The lowest BCUT2D eigenvalue weighted by molar-refractivity contribution is -0.113. The molecule has 0 fully saturated rings. The highest BCUT2D eigenvalue weighted by atomic mass is 79.9. The molecular weight excluding hydrogens is 432 g/mol. The van der Waals surface area contributed by atoms with Crippen molar-refractivity contribution in [1.29, 1.82) is 0 Å². The summed E-state index contributed by atoms with van der Waals surface area (Å²) in [5.74, 6) is 1.10. The number of benzene rings is 1. The van der Waals surface area contributed by atoms with E-state index in [-0.39, 0.29) is 5.91 Å². The number of thiophene rings is 1. The molecule has 1 N–H and O–H groups in total. The third-order valence-corrected chi connectivity index (χ3v) is 5.97. The maximum Gasteiger partial charge on any atom is 0.234 e. The van der Waals surface area contributed by atoms with Crippen molar-refractivity contribution in [3.8, 4) is 11.4 Å². The molecule has 0 aliphatic carbocycles. The van der Waals surface area contributed by atoms with Crippen molar-refractivity contribution in [3.63, 3.8) is 0 Å². The van der Waals surface area contributed by atoms with E-state index in [1.54, 1.807) is 11.3 Å². The van der Waals surface area contributed by atoms with Gasteiger partial charge in [0.25, 0.3) is 0 Å². The molecular formula is C18H19BrN4OS2. The van der Waals surface area contributed by atoms with Crippen LogP contribution < -0.4 is 5.32 Å². The third kappa shape index (κ3) is 4.75. The Kier molecular flexibility index (Phi) is 6.50. The predicted molar refractivity (Wildman–Crippen MR) is 112 cm³/mol. The lowest BCUT2D eigenvalue weighted by Crippen LogP contribution is -2.14. The first-order chi connectivity index (χ1) is 12.6. The zero-order valence-corrected chi connectivity index (χ0v) is 17.7. The van der Waals surface area contributed by atoms with Crippen molar-refractivity contribution in [3.05, 3.63) is 45.1 Å². The molecule has 8 heteroatoms. The van der Waals surface area contributed by atoms with Crippen molar-refractivity contribution < 1.29 is 4.79 Å².